The lowest BCUT2D eigenvalue weighted by atomic mass is 10.1. The Hall–Kier alpha value is -1.48. The number of halogens is 1. The molecule has 2 N–H and O–H groups in total. The molecule has 1 nitrogen and oxygen atoms in total. The van der Waals surface area contributed by atoms with E-state index in [1.165, 1.54) is 28.8 Å². The summed E-state index contributed by atoms with van der Waals surface area (Å²) < 4.78 is 13.2. The zero-order valence-electron chi connectivity index (χ0n) is 10.5. The van der Waals surface area contributed by atoms with Crippen LogP contribution in [0, 0.1) is 19.7 Å². The third kappa shape index (κ3) is 2.85. The molecular weight excluding hydrogens is 245 g/mol. The zero-order chi connectivity index (χ0) is 13.1. The molecule has 0 aromatic heterocycles. The second-order valence-electron chi connectivity index (χ2n) is 4.34. The Bertz CT molecular complexity index is 546. The van der Waals surface area contributed by atoms with Gasteiger partial charge in [0.25, 0.3) is 0 Å². The monoisotopic (exact) mass is 261 g/mol. The standard InChI is InChI=1S/C15H16FNS/c1-10-4-3-5-11(2)13(10)9-18-15-8-12(16)6-7-14(15)17/h3-8H,9,17H2,1-2H3. The molecule has 0 aliphatic rings. The van der Waals surface area contributed by atoms with Gasteiger partial charge in [-0.1, -0.05) is 18.2 Å². The Morgan fingerprint density at radius 3 is 2.44 bits per heavy atom. The fourth-order valence-electron chi connectivity index (χ4n) is 1.86. The zero-order valence-corrected chi connectivity index (χ0v) is 11.4. The highest BCUT2D eigenvalue weighted by atomic mass is 32.2. The normalized spacial score (nSPS) is 10.6. The van der Waals surface area contributed by atoms with Crippen LogP contribution >= 0.6 is 11.8 Å². The molecule has 0 bridgehead atoms. The van der Waals surface area contributed by atoms with Crippen molar-refractivity contribution >= 4 is 17.4 Å². The van der Waals surface area contributed by atoms with E-state index in [4.69, 9.17) is 5.73 Å². The lowest BCUT2D eigenvalue weighted by Crippen LogP contribution is -1.93. The van der Waals surface area contributed by atoms with Crippen LogP contribution in [0.1, 0.15) is 16.7 Å². The van der Waals surface area contributed by atoms with E-state index in [1.807, 2.05) is 0 Å². The number of benzene rings is 2. The number of aryl methyl sites for hydroxylation is 2. The Morgan fingerprint density at radius 1 is 1.11 bits per heavy atom. The van der Waals surface area contributed by atoms with Crippen molar-refractivity contribution in [2.75, 3.05) is 5.73 Å². The summed E-state index contributed by atoms with van der Waals surface area (Å²) in [6, 6.07) is 10.7. The Balaban J connectivity index is 2.19. The van der Waals surface area contributed by atoms with Gasteiger partial charge in [-0.3, -0.25) is 0 Å². The molecule has 0 heterocycles. The molecule has 0 saturated heterocycles. The molecule has 0 aliphatic heterocycles. The van der Waals surface area contributed by atoms with E-state index in [9.17, 15) is 4.39 Å². The van der Waals surface area contributed by atoms with Crippen LogP contribution in [0.4, 0.5) is 10.1 Å². The van der Waals surface area contributed by atoms with E-state index < -0.39 is 0 Å². The minimum absolute atomic E-state index is 0.242. The van der Waals surface area contributed by atoms with Crippen LogP contribution in [-0.4, -0.2) is 0 Å². The Morgan fingerprint density at radius 2 is 1.78 bits per heavy atom. The summed E-state index contributed by atoms with van der Waals surface area (Å²) in [6.07, 6.45) is 0. The van der Waals surface area contributed by atoms with Crippen molar-refractivity contribution in [2.45, 2.75) is 24.5 Å². The van der Waals surface area contributed by atoms with Crippen LogP contribution in [0.25, 0.3) is 0 Å². The number of anilines is 1. The fraction of sp³-hybridized carbons (Fsp3) is 0.200. The third-order valence-corrected chi connectivity index (χ3v) is 4.09. The second-order valence-corrected chi connectivity index (χ2v) is 5.36. The first-order chi connectivity index (χ1) is 8.58. The molecular formula is C15H16FNS. The van der Waals surface area contributed by atoms with Crippen molar-refractivity contribution < 1.29 is 4.39 Å². The van der Waals surface area contributed by atoms with E-state index in [0.29, 0.717) is 5.69 Å². The summed E-state index contributed by atoms with van der Waals surface area (Å²) in [5, 5.41) is 0. The first-order valence-electron chi connectivity index (χ1n) is 5.81. The molecule has 2 aromatic rings. The maximum absolute atomic E-state index is 13.2. The van der Waals surface area contributed by atoms with Crippen molar-refractivity contribution in [3.8, 4) is 0 Å². The van der Waals surface area contributed by atoms with Gasteiger partial charge in [-0.05, 0) is 48.7 Å². The maximum Gasteiger partial charge on any atom is 0.124 e. The first-order valence-corrected chi connectivity index (χ1v) is 6.79. The topological polar surface area (TPSA) is 26.0 Å². The van der Waals surface area contributed by atoms with Crippen LogP contribution in [0.5, 0.6) is 0 Å². The summed E-state index contributed by atoms with van der Waals surface area (Å²) in [7, 11) is 0. The quantitative estimate of drug-likeness (QED) is 0.658. The summed E-state index contributed by atoms with van der Waals surface area (Å²) >= 11 is 1.58. The fourth-order valence-corrected chi connectivity index (χ4v) is 3.05. The van der Waals surface area contributed by atoms with E-state index >= 15 is 0 Å². The molecule has 94 valence electrons. The number of rotatable bonds is 3. The second kappa shape index (κ2) is 5.44. The first kappa shape index (κ1) is 13.0. The average Bonchev–Trinajstić information content (AvgIpc) is 2.33. The maximum atomic E-state index is 13.2. The van der Waals surface area contributed by atoms with Crippen molar-refractivity contribution in [3.63, 3.8) is 0 Å². The molecule has 0 amide bonds. The van der Waals surface area contributed by atoms with Gasteiger partial charge in [0.2, 0.25) is 0 Å². The van der Waals surface area contributed by atoms with Gasteiger partial charge in [-0.2, -0.15) is 0 Å². The number of nitrogen functional groups attached to an aromatic ring is 1. The third-order valence-electron chi connectivity index (χ3n) is 2.99. The van der Waals surface area contributed by atoms with Gasteiger partial charge in [0, 0.05) is 16.3 Å². The van der Waals surface area contributed by atoms with Crippen molar-refractivity contribution in [3.05, 3.63) is 58.9 Å². The number of nitrogens with two attached hydrogens (primary N) is 1. The molecule has 18 heavy (non-hydrogen) atoms. The van der Waals surface area contributed by atoms with Crippen LogP contribution < -0.4 is 5.73 Å². The number of hydrogen-bond donors (Lipinski definition) is 1. The summed E-state index contributed by atoms with van der Waals surface area (Å²) in [5.74, 6) is 0.569. The molecule has 2 aromatic carbocycles. The van der Waals surface area contributed by atoms with E-state index in [2.05, 4.69) is 32.0 Å². The molecule has 0 saturated carbocycles. The minimum atomic E-state index is -0.242. The van der Waals surface area contributed by atoms with Crippen molar-refractivity contribution in [1.29, 1.82) is 0 Å². The van der Waals surface area contributed by atoms with Gasteiger partial charge >= 0.3 is 0 Å². The lowest BCUT2D eigenvalue weighted by molar-refractivity contribution is 0.624. The predicted molar refractivity (Wildman–Crippen MR) is 76.3 cm³/mol. The number of thioether (sulfide) groups is 1. The SMILES string of the molecule is Cc1cccc(C)c1CSc1cc(F)ccc1N. The van der Waals surface area contributed by atoms with Gasteiger partial charge in [-0.25, -0.2) is 4.39 Å². The van der Waals surface area contributed by atoms with E-state index in [-0.39, 0.29) is 5.82 Å². The van der Waals surface area contributed by atoms with Gasteiger partial charge in [-0.15, -0.1) is 11.8 Å². The van der Waals surface area contributed by atoms with Crippen LogP contribution in [0.3, 0.4) is 0 Å². The summed E-state index contributed by atoms with van der Waals surface area (Å²) in [5.41, 5.74) is 10.3. The highest BCUT2D eigenvalue weighted by molar-refractivity contribution is 7.98. The van der Waals surface area contributed by atoms with Crippen LogP contribution in [-0.2, 0) is 5.75 Å². The van der Waals surface area contributed by atoms with Gasteiger partial charge < -0.3 is 5.73 Å². The van der Waals surface area contributed by atoms with Gasteiger partial charge in [0.15, 0.2) is 0 Å². The van der Waals surface area contributed by atoms with Gasteiger partial charge in [0.1, 0.15) is 5.82 Å². The van der Waals surface area contributed by atoms with Crippen molar-refractivity contribution in [1.82, 2.24) is 0 Å². The highest BCUT2D eigenvalue weighted by Gasteiger charge is 2.06. The van der Waals surface area contributed by atoms with E-state index in [0.717, 1.165) is 10.6 Å². The van der Waals surface area contributed by atoms with Crippen LogP contribution in [0.15, 0.2) is 41.3 Å². The lowest BCUT2D eigenvalue weighted by Gasteiger charge is -2.10. The summed E-state index contributed by atoms with van der Waals surface area (Å²) in [4.78, 5) is 0.803. The predicted octanol–water partition coefficient (Wildman–Crippen LogP) is 4.32. The molecule has 2 rings (SSSR count). The average molecular weight is 261 g/mol. The van der Waals surface area contributed by atoms with E-state index in [1.54, 1.807) is 17.8 Å². The Kier molecular flexibility index (Phi) is 3.92. The smallest absolute Gasteiger partial charge is 0.124 e. The molecule has 0 radical (unpaired) electrons. The van der Waals surface area contributed by atoms with Gasteiger partial charge in [0.05, 0.1) is 0 Å². The molecule has 0 unspecified atom stereocenters. The molecule has 0 aliphatic carbocycles. The molecule has 3 heteroatoms. The highest BCUT2D eigenvalue weighted by Crippen LogP contribution is 2.30. The molecule has 0 spiro atoms. The summed E-state index contributed by atoms with van der Waals surface area (Å²) in [6.45, 7) is 4.19. The van der Waals surface area contributed by atoms with Crippen molar-refractivity contribution in [2.24, 2.45) is 0 Å². The molecule has 0 fully saturated rings. The Labute approximate surface area is 111 Å². The molecule has 0 atom stereocenters. The largest absolute Gasteiger partial charge is 0.398 e. The van der Waals surface area contributed by atoms with Crippen LogP contribution in [0.2, 0.25) is 0 Å². The number of hydrogen-bond acceptors (Lipinski definition) is 2. The minimum Gasteiger partial charge on any atom is -0.398 e.